The lowest BCUT2D eigenvalue weighted by Crippen LogP contribution is -1.98. The number of nitrogens with zero attached hydrogens (tertiary/aromatic N) is 5. The van der Waals surface area contributed by atoms with Crippen LogP contribution in [0, 0.1) is 0 Å². The Hall–Kier alpha value is -2.78. The molecule has 0 amide bonds. The Balaban J connectivity index is 1.68. The van der Waals surface area contributed by atoms with Gasteiger partial charge in [-0.25, -0.2) is 9.78 Å². The van der Waals surface area contributed by atoms with E-state index in [0.29, 0.717) is 5.16 Å². The average Bonchev–Trinajstić information content (AvgIpc) is 3.21. The Kier molecular flexibility index (Phi) is 3.71. The molecule has 1 N–H and O–H groups in total. The summed E-state index contributed by atoms with van der Waals surface area (Å²) in [4.78, 5) is 15.6. The van der Waals surface area contributed by atoms with Crippen LogP contribution in [-0.2, 0) is 0 Å². The average molecular weight is 355 g/mol. The number of para-hydroxylation sites is 1. The van der Waals surface area contributed by atoms with Gasteiger partial charge in [0.15, 0.2) is 4.34 Å². The monoisotopic (exact) mass is 355 g/mol. The molecule has 0 aliphatic rings. The van der Waals surface area contributed by atoms with Crippen molar-refractivity contribution in [2.45, 2.75) is 9.50 Å². The molecule has 0 unspecified atom stereocenters. The topological polar surface area (TPSA) is 93.8 Å². The van der Waals surface area contributed by atoms with Crippen molar-refractivity contribution in [1.82, 2.24) is 25.2 Å². The minimum atomic E-state index is -0.951. The summed E-state index contributed by atoms with van der Waals surface area (Å²) in [5, 5.41) is 21.4. The van der Waals surface area contributed by atoms with E-state index >= 15 is 0 Å². The first kappa shape index (κ1) is 14.8. The predicted molar refractivity (Wildman–Crippen MR) is 89.9 cm³/mol. The van der Waals surface area contributed by atoms with E-state index < -0.39 is 5.97 Å². The molecule has 24 heavy (non-hydrogen) atoms. The zero-order valence-electron chi connectivity index (χ0n) is 12.0. The predicted octanol–water partition coefficient (Wildman–Crippen LogP) is 3.12. The summed E-state index contributed by atoms with van der Waals surface area (Å²) < 4.78 is 3.20. The third-order valence-corrected chi connectivity index (χ3v) is 5.25. The molecule has 7 nitrogen and oxygen atoms in total. The molecule has 0 atom stereocenters. The Morgan fingerprint density at radius 3 is 2.79 bits per heavy atom. The van der Waals surface area contributed by atoms with Crippen molar-refractivity contribution < 1.29 is 9.90 Å². The van der Waals surface area contributed by atoms with Gasteiger partial charge in [-0.1, -0.05) is 18.2 Å². The number of aromatic carboxylic acids is 1. The van der Waals surface area contributed by atoms with Crippen molar-refractivity contribution >= 4 is 39.3 Å². The maximum atomic E-state index is 11.1. The molecule has 0 bridgehead atoms. The zero-order valence-corrected chi connectivity index (χ0v) is 13.7. The smallest absolute Gasteiger partial charge is 0.335 e. The number of hydrogen-bond acceptors (Lipinski definition) is 7. The molecule has 0 aliphatic carbocycles. The minimum absolute atomic E-state index is 0.247. The van der Waals surface area contributed by atoms with Crippen molar-refractivity contribution in [3.05, 3.63) is 54.1 Å². The van der Waals surface area contributed by atoms with Crippen molar-refractivity contribution in [2.24, 2.45) is 0 Å². The summed E-state index contributed by atoms with van der Waals surface area (Å²) in [6.45, 7) is 0. The summed E-state index contributed by atoms with van der Waals surface area (Å²) in [5.74, 6) is -0.951. The van der Waals surface area contributed by atoms with Crippen LogP contribution in [0.1, 0.15) is 10.4 Å². The minimum Gasteiger partial charge on any atom is -0.478 e. The van der Waals surface area contributed by atoms with E-state index in [4.69, 9.17) is 5.11 Å². The Morgan fingerprint density at radius 1 is 1.17 bits per heavy atom. The molecular weight excluding hydrogens is 346 g/mol. The maximum absolute atomic E-state index is 11.1. The van der Waals surface area contributed by atoms with E-state index in [1.54, 1.807) is 22.9 Å². The Bertz CT molecular complexity index is 1030. The fourth-order valence-electron chi connectivity index (χ4n) is 2.13. The molecule has 2 aromatic heterocycles. The molecule has 4 rings (SSSR count). The van der Waals surface area contributed by atoms with Crippen molar-refractivity contribution in [3.63, 3.8) is 0 Å². The molecule has 2 heterocycles. The van der Waals surface area contributed by atoms with Gasteiger partial charge in [0, 0.05) is 0 Å². The second-order valence-electron chi connectivity index (χ2n) is 4.78. The van der Waals surface area contributed by atoms with Crippen LogP contribution in [0.2, 0.25) is 0 Å². The molecule has 2 aromatic carbocycles. The number of carboxylic acids is 1. The van der Waals surface area contributed by atoms with Gasteiger partial charge in [0.2, 0.25) is 5.16 Å². The molecule has 4 aromatic rings. The van der Waals surface area contributed by atoms with E-state index in [2.05, 4.69) is 20.5 Å². The second kappa shape index (κ2) is 6.02. The normalized spacial score (nSPS) is 11.0. The van der Waals surface area contributed by atoms with Gasteiger partial charge in [0.1, 0.15) is 0 Å². The van der Waals surface area contributed by atoms with E-state index in [0.717, 1.165) is 20.2 Å². The van der Waals surface area contributed by atoms with Gasteiger partial charge in [-0.15, -0.1) is 16.4 Å². The highest BCUT2D eigenvalue weighted by atomic mass is 32.2. The summed E-state index contributed by atoms with van der Waals surface area (Å²) >= 11 is 2.75. The van der Waals surface area contributed by atoms with Crippen LogP contribution in [0.3, 0.4) is 0 Å². The molecule has 0 aliphatic heterocycles. The molecule has 118 valence electrons. The Labute approximate surface area is 144 Å². The van der Waals surface area contributed by atoms with Gasteiger partial charge in [-0.2, -0.15) is 4.68 Å². The number of hydrogen-bond donors (Lipinski definition) is 1. The van der Waals surface area contributed by atoms with E-state index in [-0.39, 0.29) is 5.56 Å². The van der Waals surface area contributed by atoms with Gasteiger partial charge in [0.25, 0.3) is 0 Å². The molecule has 0 fully saturated rings. The van der Waals surface area contributed by atoms with Gasteiger partial charge in [0.05, 0.1) is 21.5 Å². The maximum Gasteiger partial charge on any atom is 0.335 e. The fourth-order valence-corrected chi connectivity index (χ4v) is 4.13. The van der Waals surface area contributed by atoms with E-state index in [1.807, 2.05) is 30.3 Å². The van der Waals surface area contributed by atoms with Crippen LogP contribution >= 0.6 is 23.1 Å². The van der Waals surface area contributed by atoms with Gasteiger partial charge in [-0.3, -0.25) is 0 Å². The zero-order chi connectivity index (χ0) is 16.5. The Morgan fingerprint density at radius 2 is 2.00 bits per heavy atom. The first-order valence-electron chi connectivity index (χ1n) is 6.86. The van der Waals surface area contributed by atoms with Crippen molar-refractivity contribution in [3.8, 4) is 5.69 Å². The third kappa shape index (κ3) is 2.74. The third-order valence-electron chi connectivity index (χ3n) is 3.24. The number of tetrazole rings is 1. The van der Waals surface area contributed by atoms with Crippen LogP contribution in [0.25, 0.3) is 15.9 Å². The number of carbonyl (C=O) groups is 1. The molecule has 0 saturated heterocycles. The number of thiazole rings is 1. The summed E-state index contributed by atoms with van der Waals surface area (Å²) in [6.07, 6.45) is 0. The van der Waals surface area contributed by atoms with E-state index in [1.165, 1.54) is 23.1 Å². The van der Waals surface area contributed by atoms with Crippen molar-refractivity contribution in [1.29, 1.82) is 0 Å². The highest BCUT2D eigenvalue weighted by Gasteiger charge is 2.14. The summed E-state index contributed by atoms with van der Waals surface area (Å²) in [6, 6.07) is 14.5. The molecule has 9 heteroatoms. The van der Waals surface area contributed by atoms with E-state index in [9.17, 15) is 4.79 Å². The van der Waals surface area contributed by atoms with Crippen LogP contribution < -0.4 is 0 Å². The van der Waals surface area contributed by atoms with Crippen LogP contribution in [-0.4, -0.2) is 36.3 Å². The molecule has 0 radical (unpaired) electrons. The lowest BCUT2D eigenvalue weighted by Gasteiger charge is -2.01. The summed E-state index contributed by atoms with van der Waals surface area (Å²) in [5.41, 5.74) is 1.86. The lowest BCUT2D eigenvalue weighted by molar-refractivity contribution is 0.0697. The number of aromatic nitrogens is 5. The lowest BCUT2D eigenvalue weighted by atomic mass is 10.2. The highest BCUT2D eigenvalue weighted by molar-refractivity contribution is 8.01. The van der Waals surface area contributed by atoms with Crippen LogP contribution in [0.4, 0.5) is 0 Å². The SMILES string of the molecule is O=C(O)c1ccc2nc(Sc3nnnn3-c3ccccc3)sc2c1. The fraction of sp³-hybridized carbons (Fsp3) is 0. The standard InChI is InChI=1S/C15H9N5O2S2/c21-13(22)9-6-7-11-12(8-9)23-15(16-11)24-14-17-18-19-20(14)10-4-2-1-3-5-10/h1-8H,(H,21,22). The van der Waals surface area contributed by atoms with Gasteiger partial charge < -0.3 is 5.11 Å². The first-order chi connectivity index (χ1) is 11.7. The van der Waals surface area contributed by atoms with Gasteiger partial charge in [-0.05, 0) is 52.5 Å². The number of carboxylic acid groups (broad SMARTS) is 1. The molecule has 0 spiro atoms. The molecular formula is C15H9N5O2S2. The largest absolute Gasteiger partial charge is 0.478 e. The number of benzene rings is 2. The number of fused-ring (bicyclic) bond motifs is 1. The number of rotatable bonds is 4. The second-order valence-corrected chi connectivity index (χ2v) is 7.02. The van der Waals surface area contributed by atoms with Gasteiger partial charge >= 0.3 is 5.97 Å². The van der Waals surface area contributed by atoms with Crippen LogP contribution in [0.15, 0.2) is 58.0 Å². The highest BCUT2D eigenvalue weighted by Crippen LogP contribution is 2.34. The van der Waals surface area contributed by atoms with Crippen LogP contribution in [0.5, 0.6) is 0 Å². The first-order valence-corrected chi connectivity index (χ1v) is 8.49. The van der Waals surface area contributed by atoms with Crippen molar-refractivity contribution in [2.75, 3.05) is 0 Å². The quantitative estimate of drug-likeness (QED) is 0.601. The summed E-state index contributed by atoms with van der Waals surface area (Å²) in [7, 11) is 0. The molecule has 0 saturated carbocycles.